The van der Waals surface area contributed by atoms with Gasteiger partial charge in [-0.15, -0.1) is 0 Å². The van der Waals surface area contributed by atoms with Crippen LogP contribution in [0.4, 0.5) is 0 Å². The summed E-state index contributed by atoms with van der Waals surface area (Å²) >= 11 is 0. The maximum absolute atomic E-state index is 12.9. The molecule has 6 nitrogen and oxygen atoms in total. The van der Waals surface area contributed by atoms with Crippen LogP contribution < -0.4 is 0 Å². The van der Waals surface area contributed by atoms with Gasteiger partial charge in [0.25, 0.3) is 0 Å². The molecule has 3 aliphatic heterocycles. The SMILES string of the molecule is Cc1ccc(CC(=O)N2C[C@@H]3CC[C@H](C2)N(CC(=O)N(C)C)C3=O)cc1C. The van der Waals surface area contributed by atoms with Crippen LogP contribution in [-0.2, 0) is 20.8 Å². The Morgan fingerprint density at radius 3 is 2.52 bits per heavy atom. The lowest BCUT2D eigenvalue weighted by molar-refractivity contribution is -0.145. The minimum atomic E-state index is -0.192. The highest BCUT2D eigenvalue weighted by Crippen LogP contribution is 2.29. The number of nitrogens with zero attached hydrogens (tertiary/aromatic N) is 3. The maximum Gasteiger partial charge on any atom is 0.241 e. The first-order chi connectivity index (χ1) is 12.8. The van der Waals surface area contributed by atoms with Gasteiger partial charge >= 0.3 is 0 Å². The fourth-order valence-corrected chi connectivity index (χ4v) is 3.94. The lowest BCUT2D eigenvalue weighted by Crippen LogP contribution is -2.51. The Kier molecular flexibility index (Phi) is 5.53. The van der Waals surface area contributed by atoms with E-state index >= 15 is 0 Å². The molecule has 3 aliphatic rings. The van der Waals surface area contributed by atoms with E-state index in [1.807, 2.05) is 24.0 Å². The zero-order valence-corrected chi connectivity index (χ0v) is 16.7. The lowest BCUT2D eigenvalue weighted by atomic mass is 9.94. The van der Waals surface area contributed by atoms with Gasteiger partial charge in [-0.3, -0.25) is 14.4 Å². The second kappa shape index (κ2) is 7.71. The van der Waals surface area contributed by atoms with Crippen molar-refractivity contribution in [3.8, 4) is 0 Å². The van der Waals surface area contributed by atoms with Gasteiger partial charge in [0.2, 0.25) is 17.7 Å². The number of aryl methyl sites for hydroxylation is 2. The standard InChI is InChI=1S/C21H29N3O3/c1-14-5-6-16(9-15(14)2)10-19(25)23-11-17-7-8-18(12-23)24(21(17)27)13-20(26)22(3)4/h5-6,9,17-18H,7-8,10-13H2,1-4H3/t17-,18+/m0/s1. The number of piperidine rings is 1. The minimum Gasteiger partial charge on any atom is -0.347 e. The molecular weight excluding hydrogens is 342 g/mol. The van der Waals surface area contributed by atoms with E-state index in [4.69, 9.17) is 0 Å². The molecule has 2 atom stereocenters. The molecule has 0 unspecified atom stereocenters. The van der Waals surface area contributed by atoms with E-state index in [1.165, 1.54) is 16.0 Å². The summed E-state index contributed by atoms with van der Waals surface area (Å²) in [5.74, 6) is -0.196. The van der Waals surface area contributed by atoms with Crippen molar-refractivity contribution in [1.29, 1.82) is 0 Å². The second-order valence-electron chi connectivity index (χ2n) is 8.08. The van der Waals surface area contributed by atoms with E-state index in [0.717, 1.165) is 18.4 Å². The van der Waals surface area contributed by atoms with Crippen molar-refractivity contribution in [1.82, 2.24) is 14.7 Å². The number of carbonyl (C=O) groups excluding carboxylic acids is 3. The van der Waals surface area contributed by atoms with Gasteiger partial charge in [-0.1, -0.05) is 18.2 Å². The quantitative estimate of drug-likeness (QED) is 0.803. The summed E-state index contributed by atoms with van der Waals surface area (Å²) in [6.45, 7) is 5.20. The van der Waals surface area contributed by atoms with Gasteiger partial charge in [-0.2, -0.15) is 0 Å². The molecular formula is C21H29N3O3. The Morgan fingerprint density at radius 2 is 1.85 bits per heavy atom. The number of amides is 3. The third kappa shape index (κ3) is 4.15. The molecule has 3 amide bonds. The highest BCUT2D eigenvalue weighted by atomic mass is 16.2. The second-order valence-corrected chi connectivity index (χ2v) is 8.08. The van der Waals surface area contributed by atoms with E-state index in [0.29, 0.717) is 19.5 Å². The maximum atomic E-state index is 12.9. The predicted molar refractivity (Wildman–Crippen MR) is 103 cm³/mol. The topological polar surface area (TPSA) is 60.9 Å². The molecule has 0 N–H and O–H groups in total. The van der Waals surface area contributed by atoms with Gasteiger partial charge in [-0.05, 0) is 43.4 Å². The van der Waals surface area contributed by atoms with Crippen LogP contribution in [0.1, 0.15) is 29.5 Å². The monoisotopic (exact) mass is 371 g/mol. The third-order valence-corrected chi connectivity index (χ3v) is 5.88. The van der Waals surface area contributed by atoms with Crippen LogP contribution in [0.2, 0.25) is 0 Å². The number of rotatable bonds is 4. The average molecular weight is 371 g/mol. The molecule has 27 heavy (non-hydrogen) atoms. The Morgan fingerprint density at radius 1 is 1.11 bits per heavy atom. The first kappa shape index (κ1) is 19.4. The summed E-state index contributed by atoms with van der Waals surface area (Å²) in [6.07, 6.45) is 2.00. The van der Waals surface area contributed by atoms with Crippen LogP contribution in [0.25, 0.3) is 0 Å². The zero-order valence-electron chi connectivity index (χ0n) is 16.7. The normalized spacial score (nSPS) is 22.0. The molecule has 0 saturated carbocycles. The van der Waals surface area contributed by atoms with Crippen molar-refractivity contribution in [2.75, 3.05) is 33.7 Å². The Balaban J connectivity index is 1.71. The number of fused-ring (bicyclic) bond motifs is 4. The van der Waals surface area contributed by atoms with Crippen LogP contribution in [0.15, 0.2) is 18.2 Å². The van der Waals surface area contributed by atoms with Crippen molar-refractivity contribution >= 4 is 17.7 Å². The number of hydrogen-bond donors (Lipinski definition) is 0. The van der Waals surface area contributed by atoms with Gasteiger partial charge in [0.1, 0.15) is 6.54 Å². The fourth-order valence-electron chi connectivity index (χ4n) is 3.94. The Bertz CT molecular complexity index is 759. The molecule has 0 spiro atoms. The molecule has 0 aromatic heterocycles. The van der Waals surface area contributed by atoms with Crippen LogP contribution in [0.5, 0.6) is 0 Å². The average Bonchev–Trinajstić information content (AvgIpc) is 2.91. The number of benzene rings is 1. The van der Waals surface area contributed by atoms with Crippen LogP contribution in [0, 0.1) is 19.8 Å². The minimum absolute atomic E-state index is 0.0166. The van der Waals surface area contributed by atoms with E-state index in [-0.39, 0.29) is 36.2 Å². The third-order valence-electron chi connectivity index (χ3n) is 5.88. The van der Waals surface area contributed by atoms with Crippen molar-refractivity contribution in [2.45, 2.75) is 39.2 Å². The molecule has 3 fully saturated rings. The van der Waals surface area contributed by atoms with Gasteiger partial charge in [0.05, 0.1) is 12.3 Å². The first-order valence-electron chi connectivity index (χ1n) is 9.60. The van der Waals surface area contributed by atoms with Crippen molar-refractivity contribution in [3.05, 3.63) is 34.9 Å². The Hall–Kier alpha value is -2.37. The van der Waals surface area contributed by atoms with Gasteiger partial charge in [-0.25, -0.2) is 0 Å². The molecule has 146 valence electrons. The molecule has 2 bridgehead atoms. The summed E-state index contributed by atoms with van der Waals surface area (Å²) in [7, 11) is 3.39. The number of hydrogen-bond acceptors (Lipinski definition) is 3. The largest absolute Gasteiger partial charge is 0.347 e. The number of carbonyl (C=O) groups is 3. The summed E-state index contributed by atoms with van der Waals surface area (Å²) in [6, 6.07) is 6.04. The molecule has 0 radical (unpaired) electrons. The van der Waals surface area contributed by atoms with Crippen LogP contribution in [0.3, 0.4) is 0 Å². The molecule has 3 heterocycles. The fraction of sp³-hybridized carbons (Fsp3) is 0.571. The summed E-state index contributed by atoms with van der Waals surface area (Å²) in [5.41, 5.74) is 3.40. The smallest absolute Gasteiger partial charge is 0.241 e. The van der Waals surface area contributed by atoms with Gasteiger partial charge in [0.15, 0.2) is 0 Å². The van der Waals surface area contributed by atoms with E-state index < -0.39 is 0 Å². The van der Waals surface area contributed by atoms with Crippen molar-refractivity contribution < 1.29 is 14.4 Å². The molecule has 0 aliphatic carbocycles. The van der Waals surface area contributed by atoms with E-state index in [1.54, 1.807) is 19.0 Å². The van der Waals surface area contributed by atoms with Crippen LogP contribution >= 0.6 is 0 Å². The number of likely N-dealkylation sites (N-methyl/N-ethyl adjacent to an activating group) is 1. The first-order valence-corrected chi connectivity index (χ1v) is 9.60. The predicted octanol–water partition coefficient (Wildman–Crippen LogP) is 1.38. The highest BCUT2D eigenvalue weighted by Gasteiger charge is 2.42. The van der Waals surface area contributed by atoms with Crippen molar-refractivity contribution in [3.63, 3.8) is 0 Å². The molecule has 4 rings (SSSR count). The lowest BCUT2D eigenvalue weighted by Gasteiger charge is -2.35. The summed E-state index contributed by atoms with van der Waals surface area (Å²) in [4.78, 5) is 42.8. The molecule has 6 heteroatoms. The van der Waals surface area contributed by atoms with E-state index in [9.17, 15) is 14.4 Å². The van der Waals surface area contributed by atoms with E-state index in [2.05, 4.69) is 13.0 Å². The van der Waals surface area contributed by atoms with Gasteiger partial charge in [0, 0.05) is 33.2 Å². The summed E-state index contributed by atoms with van der Waals surface area (Å²) < 4.78 is 0. The van der Waals surface area contributed by atoms with Gasteiger partial charge < -0.3 is 14.7 Å². The highest BCUT2D eigenvalue weighted by molar-refractivity contribution is 5.88. The Labute approximate surface area is 161 Å². The molecule has 1 aromatic carbocycles. The van der Waals surface area contributed by atoms with Crippen molar-refractivity contribution in [2.24, 2.45) is 5.92 Å². The van der Waals surface area contributed by atoms with Crippen LogP contribution in [-0.4, -0.2) is 72.2 Å². The summed E-state index contributed by atoms with van der Waals surface area (Å²) in [5, 5.41) is 0. The molecule has 3 saturated heterocycles. The zero-order chi connectivity index (χ0) is 19.7. The molecule has 1 aromatic rings.